The largest absolute Gasteiger partial charge is 0.480 e. The zero-order valence-corrected chi connectivity index (χ0v) is 10.9. The molecule has 2 aromatic rings. The van der Waals surface area contributed by atoms with Crippen LogP contribution in [0.5, 0.6) is 5.75 Å². The summed E-state index contributed by atoms with van der Waals surface area (Å²) in [5.74, 6) is 0.0761. The normalized spacial score (nSPS) is 10.2. The molecule has 0 amide bonds. The van der Waals surface area contributed by atoms with Gasteiger partial charge in [-0.3, -0.25) is 10.1 Å². The highest BCUT2D eigenvalue weighted by Gasteiger charge is 2.15. The lowest BCUT2D eigenvalue weighted by molar-refractivity contribution is -0.385. The van der Waals surface area contributed by atoms with Crippen molar-refractivity contribution in [1.29, 1.82) is 0 Å². The molecule has 0 spiro atoms. The fourth-order valence-electron chi connectivity index (χ4n) is 1.36. The molecule has 0 bridgehead atoms. The van der Waals surface area contributed by atoms with Crippen molar-refractivity contribution in [2.24, 2.45) is 0 Å². The quantitative estimate of drug-likeness (QED) is 0.492. The molecular weight excluding hydrogens is 293 g/mol. The number of nitro groups is 1. The van der Waals surface area contributed by atoms with Gasteiger partial charge in [-0.25, -0.2) is 9.97 Å². The van der Waals surface area contributed by atoms with Gasteiger partial charge in [-0.2, -0.15) is 0 Å². The summed E-state index contributed by atoms with van der Waals surface area (Å²) in [6, 6.07) is 5.68. The summed E-state index contributed by atoms with van der Waals surface area (Å²) in [5.41, 5.74) is 0.346. The van der Waals surface area contributed by atoms with Crippen LogP contribution in [0.25, 0.3) is 0 Å². The molecule has 1 aromatic heterocycles. The van der Waals surface area contributed by atoms with Crippen molar-refractivity contribution in [2.75, 3.05) is 0 Å². The number of nitro benzene ring substituents is 1. The van der Waals surface area contributed by atoms with Gasteiger partial charge >= 0.3 is 5.69 Å². The number of rotatable bonds is 4. The van der Waals surface area contributed by atoms with E-state index in [9.17, 15) is 10.1 Å². The summed E-state index contributed by atoms with van der Waals surface area (Å²) in [5, 5.41) is 11.3. The van der Waals surface area contributed by atoms with E-state index in [1.807, 2.05) is 0 Å². The van der Waals surface area contributed by atoms with E-state index >= 15 is 0 Å². The van der Waals surface area contributed by atoms with Crippen LogP contribution in [0, 0.1) is 10.1 Å². The minimum absolute atomic E-state index is 0.0312. The second-order valence-corrected chi connectivity index (χ2v) is 4.25. The highest BCUT2D eigenvalue weighted by atomic mass is 35.5. The van der Waals surface area contributed by atoms with Crippen LogP contribution in [0.4, 0.5) is 5.69 Å². The Balaban J connectivity index is 2.19. The van der Waals surface area contributed by atoms with Crippen LogP contribution in [-0.2, 0) is 6.61 Å². The molecule has 0 saturated heterocycles. The first kappa shape index (κ1) is 13.5. The van der Waals surface area contributed by atoms with Gasteiger partial charge in [0.25, 0.3) is 0 Å². The Labute approximate surface area is 118 Å². The van der Waals surface area contributed by atoms with Crippen LogP contribution in [0.1, 0.15) is 5.69 Å². The summed E-state index contributed by atoms with van der Waals surface area (Å²) in [4.78, 5) is 17.9. The predicted molar refractivity (Wildman–Crippen MR) is 69.5 cm³/mol. The zero-order valence-electron chi connectivity index (χ0n) is 9.42. The van der Waals surface area contributed by atoms with Crippen molar-refractivity contribution in [3.05, 3.63) is 56.6 Å². The Hall–Kier alpha value is -1.92. The van der Waals surface area contributed by atoms with E-state index in [1.165, 1.54) is 24.4 Å². The molecule has 0 fully saturated rings. The molecule has 0 aliphatic carbocycles. The molecule has 19 heavy (non-hydrogen) atoms. The molecule has 0 atom stereocenters. The standard InChI is InChI=1S/C11H7Cl2N3O3/c12-7-1-2-9(16(17)18)10(5-7)19-6-8-3-4-14-11(13)15-8/h1-5H,6H2. The van der Waals surface area contributed by atoms with Crippen molar-refractivity contribution in [1.82, 2.24) is 9.97 Å². The maximum atomic E-state index is 10.8. The lowest BCUT2D eigenvalue weighted by atomic mass is 10.3. The summed E-state index contributed by atoms with van der Waals surface area (Å²) in [6.45, 7) is 0.0312. The highest BCUT2D eigenvalue weighted by molar-refractivity contribution is 6.30. The maximum Gasteiger partial charge on any atom is 0.311 e. The Kier molecular flexibility index (Phi) is 4.13. The van der Waals surface area contributed by atoms with Gasteiger partial charge in [0.15, 0.2) is 5.75 Å². The fraction of sp³-hybridized carbons (Fsp3) is 0.0909. The van der Waals surface area contributed by atoms with Gasteiger partial charge in [-0.05, 0) is 23.7 Å². The number of hydrogen-bond donors (Lipinski definition) is 0. The Morgan fingerprint density at radius 1 is 1.32 bits per heavy atom. The molecule has 0 saturated carbocycles. The van der Waals surface area contributed by atoms with E-state index in [1.54, 1.807) is 6.07 Å². The predicted octanol–water partition coefficient (Wildman–Crippen LogP) is 3.27. The number of ether oxygens (including phenoxy) is 1. The van der Waals surface area contributed by atoms with Crippen LogP contribution in [0.15, 0.2) is 30.5 Å². The Morgan fingerprint density at radius 3 is 2.79 bits per heavy atom. The van der Waals surface area contributed by atoms with Crippen molar-refractivity contribution in [3.63, 3.8) is 0 Å². The second kappa shape index (κ2) is 5.81. The molecular formula is C11H7Cl2N3O3. The number of halogens is 2. The smallest absolute Gasteiger partial charge is 0.311 e. The summed E-state index contributed by atoms with van der Waals surface area (Å²) >= 11 is 11.4. The van der Waals surface area contributed by atoms with Crippen LogP contribution in [-0.4, -0.2) is 14.9 Å². The van der Waals surface area contributed by atoms with Crippen molar-refractivity contribution in [2.45, 2.75) is 6.61 Å². The average Bonchev–Trinajstić information content (AvgIpc) is 2.36. The molecule has 6 nitrogen and oxygen atoms in total. The van der Waals surface area contributed by atoms with E-state index in [0.29, 0.717) is 10.7 Å². The molecule has 0 unspecified atom stereocenters. The fourth-order valence-corrected chi connectivity index (χ4v) is 1.68. The monoisotopic (exact) mass is 299 g/mol. The van der Waals surface area contributed by atoms with Crippen LogP contribution in [0.2, 0.25) is 10.3 Å². The minimum Gasteiger partial charge on any atom is -0.480 e. The molecule has 98 valence electrons. The zero-order chi connectivity index (χ0) is 13.8. The molecule has 1 heterocycles. The third-order valence-electron chi connectivity index (χ3n) is 2.18. The van der Waals surface area contributed by atoms with Gasteiger partial charge in [-0.1, -0.05) is 11.6 Å². The van der Waals surface area contributed by atoms with Gasteiger partial charge in [0.1, 0.15) is 6.61 Å². The highest BCUT2D eigenvalue weighted by Crippen LogP contribution is 2.30. The van der Waals surface area contributed by atoms with Crippen molar-refractivity contribution in [3.8, 4) is 5.75 Å². The first-order chi connectivity index (χ1) is 9.06. The van der Waals surface area contributed by atoms with Gasteiger partial charge in [0.05, 0.1) is 10.6 Å². The SMILES string of the molecule is O=[N+]([O-])c1ccc(Cl)cc1OCc1ccnc(Cl)n1. The first-order valence-corrected chi connectivity index (χ1v) is 5.86. The van der Waals surface area contributed by atoms with Crippen LogP contribution >= 0.6 is 23.2 Å². The van der Waals surface area contributed by atoms with Gasteiger partial charge < -0.3 is 4.74 Å². The number of aromatic nitrogens is 2. The lowest BCUT2D eigenvalue weighted by Gasteiger charge is -2.06. The third-order valence-corrected chi connectivity index (χ3v) is 2.60. The molecule has 2 rings (SSSR count). The first-order valence-electron chi connectivity index (χ1n) is 5.10. The van der Waals surface area contributed by atoms with Crippen LogP contribution in [0.3, 0.4) is 0 Å². The summed E-state index contributed by atoms with van der Waals surface area (Å²) < 4.78 is 5.35. The molecule has 0 aliphatic rings. The van der Waals surface area contributed by atoms with E-state index in [0.717, 1.165) is 0 Å². The second-order valence-electron chi connectivity index (χ2n) is 3.47. The van der Waals surface area contributed by atoms with E-state index < -0.39 is 4.92 Å². The average molecular weight is 300 g/mol. The van der Waals surface area contributed by atoms with E-state index in [-0.39, 0.29) is 23.3 Å². The Morgan fingerprint density at radius 2 is 2.11 bits per heavy atom. The third kappa shape index (κ3) is 3.52. The van der Waals surface area contributed by atoms with Crippen LogP contribution < -0.4 is 4.74 Å². The topological polar surface area (TPSA) is 78.2 Å². The van der Waals surface area contributed by atoms with Crippen molar-refractivity contribution >= 4 is 28.9 Å². The molecule has 0 N–H and O–H groups in total. The molecule has 0 radical (unpaired) electrons. The number of benzene rings is 1. The molecule has 0 aliphatic heterocycles. The summed E-state index contributed by atoms with van der Waals surface area (Å²) in [7, 11) is 0. The van der Waals surface area contributed by atoms with Gasteiger partial charge in [0.2, 0.25) is 5.28 Å². The molecule has 8 heteroatoms. The lowest BCUT2D eigenvalue weighted by Crippen LogP contribution is -2.01. The van der Waals surface area contributed by atoms with E-state index in [2.05, 4.69) is 9.97 Å². The summed E-state index contributed by atoms with van der Waals surface area (Å²) in [6.07, 6.45) is 1.47. The van der Waals surface area contributed by atoms with E-state index in [4.69, 9.17) is 27.9 Å². The molecule has 1 aromatic carbocycles. The Bertz CT molecular complexity index is 622. The minimum atomic E-state index is -0.543. The maximum absolute atomic E-state index is 10.8. The number of hydrogen-bond acceptors (Lipinski definition) is 5. The van der Waals surface area contributed by atoms with Gasteiger partial charge in [0, 0.05) is 23.4 Å². The van der Waals surface area contributed by atoms with Gasteiger partial charge in [-0.15, -0.1) is 0 Å². The number of nitrogens with zero attached hydrogens (tertiary/aromatic N) is 3. The van der Waals surface area contributed by atoms with Crippen molar-refractivity contribution < 1.29 is 9.66 Å².